The average Bonchev–Trinajstić information content (AvgIpc) is 2.54. The Morgan fingerprint density at radius 3 is 2.36 bits per heavy atom. The van der Waals surface area contributed by atoms with Crippen LogP contribution in [0.4, 0.5) is 0 Å². The highest BCUT2D eigenvalue weighted by Crippen LogP contribution is 2.25. The summed E-state index contributed by atoms with van der Waals surface area (Å²) in [4.78, 5) is 0.119. The Labute approximate surface area is 130 Å². The summed E-state index contributed by atoms with van der Waals surface area (Å²) in [6.45, 7) is 1.75. The van der Waals surface area contributed by atoms with Gasteiger partial charge in [0.1, 0.15) is 5.75 Å². The summed E-state index contributed by atoms with van der Waals surface area (Å²) in [7, 11) is -2.13. The van der Waals surface area contributed by atoms with E-state index < -0.39 is 16.1 Å². The van der Waals surface area contributed by atoms with Gasteiger partial charge in [-0.2, -0.15) is 5.26 Å². The van der Waals surface area contributed by atoms with E-state index in [-0.39, 0.29) is 4.90 Å². The van der Waals surface area contributed by atoms with Gasteiger partial charge < -0.3 is 4.74 Å². The molecule has 0 aliphatic rings. The molecule has 0 fully saturated rings. The predicted molar refractivity (Wildman–Crippen MR) is 82.9 cm³/mol. The van der Waals surface area contributed by atoms with Crippen molar-refractivity contribution in [3.63, 3.8) is 0 Å². The van der Waals surface area contributed by atoms with Crippen molar-refractivity contribution in [3.8, 4) is 11.8 Å². The van der Waals surface area contributed by atoms with Crippen molar-refractivity contribution >= 4 is 10.0 Å². The Balaban J connectivity index is 2.26. The maximum absolute atomic E-state index is 12.4. The molecule has 0 saturated carbocycles. The number of sulfonamides is 1. The van der Waals surface area contributed by atoms with Gasteiger partial charge in [0.2, 0.25) is 10.0 Å². The van der Waals surface area contributed by atoms with E-state index in [1.807, 2.05) is 24.3 Å². The van der Waals surface area contributed by atoms with Crippen LogP contribution in [0.3, 0.4) is 0 Å². The Hall–Kier alpha value is -2.36. The first kappa shape index (κ1) is 16.0. The third kappa shape index (κ3) is 3.45. The lowest BCUT2D eigenvalue weighted by Gasteiger charge is -2.17. The fourth-order valence-electron chi connectivity index (χ4n) is 2.10. The normalized spacial score (nSPS) is 12.4. The van der Waals surface area contributed by atoms with E-state index in [2.05, 4.69) is 4.72 Å². The van der Waals surface area contributed by atoms with Gasteiger partial charge in [-0.05, 0) is 37.3 Å². The smallest absolute Gasteiger partial charge is 0.241 e. The predicted octanol–water partition coefficient (Wildman–Crippen LogP) is 2.61. The SMILES string of the molecule is COc1ccccc1C(C)NS(=O)(=O)c1ccc(C#N)cc1. The first-order valence-corrected chi connectivity index (χ1v) is 8.11. The Morgan fingerprint density at radius 2 is 1.77 bits per heavy atom. The summed E-state index contributed by atoms with van der Waals surface area (Å²) < 4.78 is 32.6. The van der Waals surface area contributed by atoms with Crippen LogP contribution >= 0.6 is 0 Å². The van der Waals surface area contributed by atoms with Crippen LogP contribution in [0.5, 0.6) is 5.75 Å². The number of nitriles is 1. The second-order valence-electron chi connectivity index (χ2n) is 4.72. The summed E-state index contributed by atoms with van der Waals surface area (Å²) in [5.41, 5.74) is 1.17. The molecule has 114 valence electrons. The Morgan fingerprint density at radius 1 is 1.14 bits per heavy atom. The molecule has 1 unspecified atom stereocenters. The van der Waals surface area contributed by atoms with Gasteiger partial charge in [0.15, 0.2) is 0 Å². The second-order valence-corrected chi connectivity index (χ2v) is 6.44. The van der Waals surface area contributed by atoms with Gasteiger partial charge in [-0.15, -0.1) is 0 Å². The molecule has 0 heterocycles. The monoisotopic (exact) mass is 316 g/mol. The van der Waals surface area contributed by atoms with Crippen LogP contribution in [0.1, 0.15) is 24.1 Å². The molecule has 1 N–H and O–H groups in total. The summed E-state index contributed by atoms with van der Waals surface area (Å²) in [5, 5.41) is 8.75. The maximum Gasteiger partial charge on any atom is 0.241 e. The molecule has 0 bridgehead atoms. The second kappa shape index (κ2) is 6.60. The number of rotatable bonds is 5. The van der Waals surface area contributed by atoms with E-state index in [4.69, 9.17) is 10.00 Å². The molecule has 6 heteroatoms. The number of benzene rings is 2. The van der Waals surface area contributed by atoms with Crippen molar-refractivity contribution in [2.75, 3.05) is 7.11 Å². The third-order valence-electron chi connectivity index (χ3n) is 3.23. The third-order valence-corrected chi connectivity index (χ3v) is 4.79. The van der Waals surface area contributed by atoms with Crippen molar-refractivity contribution in [2.45, 2.75) is 17.9 Å². The van der Waals surface area contributed by atoms with Gasteiger partial charge in [-0.25, -0.2) is 13.1 Å². The maximum atomic E-state index is 12.4. The molecule has 5 nitrogen and oxygen atoms in total. The van der Waals surface area contributed by atoms with Crippen molar-refractivity contribution < 1.29 is 13.2 Å². The molecular weight excluding hydrogens is 300 g/mol. The summed E-state index contributed by atoms with van der Waals surface area (Å²) in [6, 6.07) is 14.5. The molecule has 0 amide bonds. The van der Waals surface area contributed by atoms with Crippen molar-refractivity contribution in [1.29, 1.82) is 5.26 Å². The fraction of sp³-hybridized carbons (Fsp3) is 0.188. The van der Waals surface area contributed by atoms with Crippen LogP contribution in [0.25, 0.3) is 0 Å². The fourth-order valence-corrected chi connectivity index (χ4v) is 3.32. The topological polar surface area (TPSA) is 79.2 Å². The van der Waals surface area contributed by atoms with Crippen molar-refractivity contribution in [2.24, 2.45) is 0 Å². The van der Waals surface area contributed by atoms with Crippen molar-refractivity contribution in [1.82, 2.24) is 4.72 Å². The van der Waals surface area contributed by atoms with Gasteiger partial charge in [0, 0.05) is 11.6 Å². The molecule has 0 aromatic heterocycles. The summed E-state index contributed by atoms with van der Waals surface area (Å²) in [6.07, 6.45) is 0. The average molecular weight is 316 g/mol. The van der Waals surface area contributed by atoms with Gasteiger partial charge in [0.05, 0.1) is 23.6 Å². The Kier molecular flexibility index (Phi) is 4.81. The number of ether oxygens (including phenoxy) is 1. The van der Waals surface area contributed by atoms with E-state index >= 15 is 0 Å². The van der Waals surface area contributed by atoms with E-state index in [0.717, 1.165) is 5.56 Å². The van der Waals surface area contributed by atoms with Gasteiger partial charge in [0.25, 0.3) is 0 Å². The number of hydrogen-bond donors (Lipinski definition) is 1. The lowest BCUT2D eigenvalue weighted by atomic mass is 10.1. The van der Waals surface area contributed by atoms with E-state index in [1.165, 1.54) is 24.3 Å². The van der Waals surface area contributed by atoms with Gasteiger partial charge in [-0.3, -0.25) is 0 Å². The van der Waals surface area contributed by atoms with Gasteiger partial charge in [-0.1, -0.05) is 18.2 Å². The highest BCUT2D eigenvalue weighted by molar-refractivity contribution is 7.89. The minimum Gasteiger partial charge on any atom is -0.496 e. The van der Waals surface area contributed by atoms with Crippen LogP contribution in [-0.4, -0.2) is 15.5 Å². The van der Waals surface area contributed by atoms with Crippen LogP contribution in [-0.2, 0) is 10.0 Å². The standard InChI is InChI=1S/C16H16N2O3S/c1-12(15-5-3-4-6-16(15)21-2)18-22(19,20)14-9-7-13(11-17)8-10-14/h3-10,12,18H,1-2H3. The van der Waals surface area contributed by atoms with Crippen LogP contribution in [0, 0.1) is 11.3 Å². The molecular formula is C16H16N2O3S. The van der Waals surface area contributed by atoms with E-state index in [9.17, 15) is 8.42 Å². The van der Waals surface area contributed by atoms with Crippen LogP contribution < -0.4 is 9.46 Å². The van der Waals surface area contributed by atoms with Crippen molar-refractivity contribution in [3.05, 3.63) is 59.7 Å². The summed E-state index contributed by atoms with van der Waals surface area (Å²) >= 11 is 0. The number of nitrogens with one attached hydrogen (secondary N) is 1. The number of nitrogens with zero attached hydrogens (tertiary/aromatic N) is 1. The quantitative estimate of drug-likeness (QED) is 0.919. The number of para-hydroxylation sites is 1. The van der Waals surface area contributed by atoms with Crippen LogP contribution in [0.2, 0.25) is 0 Å². The number of hydrogen-bond acceptors (Lipinski definition) is 4. The highest BCUT2D eigenvalue weighted by Gasteiger charge is 2.20. The largest absolute Gasteiger partial charge is 0.496 e. The molecule has 0 radical (unpaired) electrons. The molecule has 0 aliphatic heterocycles. The lowest BCUT2D eigenvalue weighted by Crippen LogP contribution is -2.27. The molecule has 22 heavy (non-hydrogen) atoms. The lowest BCUT2D eigenvalue weighted by molar-refractivity contribution is 0.405. The minimum absolute atomic E-state index is 0.119. The molecule has 2 aromatic carbocycles. The van der Waals surface area contributed by atoms with E-state index in [0.29, 0.717) is 11.3 Å². The molecule has 2 aromatic rings. The molecule has 0 spiro atoms. The molecule has 0 saturated heterocycles. The first-order valence-electron chi connectivity index (χ1n) is 6.63. The zero-order valence-corrected chi connectivity index (χ0v) is 13.1. The molecule has 1 atom stereocenters. The summed E-state index contributed by atoms with van der Waals surface area (Å²) in [5.74, 6) is 0.623. The molecule has 0 aliphatic carbocycles. The minimum atomic E-state index is -3.67. The number of methoxy groups -OCH3 is 1. The first-order chi connectivity index (χ1) is 10.5. The zero-order valence-electron chi connectivity index (χ0n) is 12.3. The zero-order chi connectivity index (χ0) is 16.2. The Bertz CT molecular complexity index is 793. The molecule has 2 rings (SSSR count). The van der Waals surface area contributed by atoms with E-state index in [1.54, 1.807) is 20.1 Å². The van der Waals surface area contributed by atoms with Gasteiger partial charge >= 0.3 is 0 Å². The van der Waals surface area contributed by atoms with Crippen LogP contribution in [0.15, 0.2) is 53.4 Å². The highest BCUT2D eigenvalue weighted by atomic mass is 32.2.